The fourth-order valence-electron chi connectivity index (χ4n) is 2.15. The highest BCUT2D eigenvalue weighted by atomic mass is 35.5. The Morgan fingerprint density at radius 3 is 2.57 bits per heavy atom. The molecule has 1 aromatic carbocycles. The first-order valence-electron chi connectivity index (χ1n) is 7.66. The second kappa shape index (κ2) is 8.94. The van der Waals surface area contributed by atoms with E-state index in [4.69, 9.17) is 11.6 Å². The van der Waals surface area contributed by atoms with E-state index in [1.165, 1.54) is 17.3 Å². The number of amides is 1. The van der Waals surface area contributed by atoms with Crippen LogP contribution in [-0.4, -0.2) is 28.1 Å². The lowest BCUT2D eigenvalue weighted by Gasteiger charge is -2.22. The number of nitrogens with zero attached hydrogens (tertiary/aromatic N) is 2. The zero-order valence-electron chi connectivity index (χ0n) is 13.5. The van der Waals surface area contributed by atoms with Gasteiger partial charge in [0, 0.05) is 19.3 Å². The van der Waals surface area contributed by atoms with Crippen molar-refractivity contribution in [2.45, 2.75) is 31.8 Å². The molecule has 122 valence electrons. The highest BCUT2D eigenvalue weighted by Crippen LogP contribution is 2.18. The summed E-state index contributed by atoms with van der Waals surface area (Å²) in [4.78, 5) is 18.6. The number of carbonyl (C=O) groups is 1. The summed E-state index contributed by atoms with van der Waals surface area (Å²) in [6.07, 6.45) is 2.55. The van der Waals surface area contributed by atoms with E-state index in [9.17, 15) is 4.79 Å². The fourth-order valence-corrected chi connectivity index (χ4v) is 3.01. The molecular formula is C18H21ClN2OS. The summed E-state index contributed by atoms with van der Waals surface area (Å²) in [5, 5.41) is 1.42. The van der Waals surface area contributed by atoms with E-state index in [0.717, 1.165) is 23.6 Å². The Balaban J connectivity index is 1.94. The van der Waals surface area contributed by atoms with Gasteiger partial charge < -0.3 is 4.90 Å². The molecule has 0 saturated heterocycles. The molecule has 1 aromatic heterocycles. The Hall–Kier alpha value is -1.52. The van der Waals surface area contributed by atoms with Crippen molar-refractivity contribution in [1.82, 2.24) is 9.88 Å². The maximum absolute atomic E-state index is 12.5. The van der Waals surface area contributed by atoms with Crippen LogP contribution >= 0.6 is 23.4 Å². The molecule has 1 amide bonds. The molecule has 0 aliphatic rings. The first kappa shape index (κ1) is 17.8. The van der Waals surface area contributed by atoms with Gasteiger partial charge in [-0.05, 0) is 31.0 Å². The van der Waals surface area contributed by atoms with Gasteiger partial charge in [0.1, 0.15) is 0 Å². The Kier molecular flexibility index (Phi) is 6.93. The fraction of sp³-hybridized carbons (Fsp3) is 0.333. The lowest BCUT2D eigenvalue weighted by molar-refractivity contribution is -0.129. The number of thioether (sulfide) groups is 1. The molecule has 1 heterocycles. The average Bonchev–Trinajstić information content (AvgIpc) is 2.55. The van der Waals surface area contributed by atoms with E-state index in [0.29, 0.717) is 17.3 Å². The first-order valence-corrected chi connectivity index (χ1v) is 9.02. The van der Waals surface area contributed by atoms with Crippen molar-refractivity contribution in [3.05, 3.63) is 58.7 Å². The zero-order chi connectivity index (χ0) is 16.7. The molecule has 2 aromatic rings. The number of hydrogen-bond acceptors (Lipinski definition) is 3. The molecule has 0 N–H and O–H groups in total. The minimum Gasteiger partial charge on any atom is -0.338 e. The monoisotopic (exact) mass is 348 g/mol. The number of carbonyl (C=O) groups excluding carboxylic acids is 1. The quantitative estimate of drug-likeness (QED) is 0.687. The molecule has 0 radical (unpaired) electrons. The van der Waals surface area contributed by atoms with Gasteiger partial charge in [-0.3, -0.25) is 4.79 Å². The maximum atomic E-state index is 12.5. The molecular weight excluding hydrogens is 328 g/mol. The Labute approximate surface area is 147 Å². The average molecular weight is 349 g/mol. The molecule has 0 aliphatic heterocycles. The third kappa shape index (κ3) is 5.88. The van der Waals surface area contributed by atoms with Gasteiger partial charge in [0.05, 0.1) is 15.8 Å². The predicted octanol–water partition coefficient (Wildman–Crippen LogP) is 4.57. The number of aromatic nitrogens is 1. The van der Waals surface area contributed by atoms with Crippen molar-refractivity contribution in [1.29, 1.82) is 0 Å². The Morgan fingerprint density at radius 2 is 1.96 bits per heavy atom. The smallest absolute Gasteiger partial charge is 0.233 e. The third-order valence-corrected chi connectivity index (χ3v) is 4.54. The van der Waals surface area contributed by atoms with Gasteiger partial charge in [-0.2, -0.15) is 0 Å². The van der Waals surface area contributed by atoms with Gasteiger partial charge in [0.25, 0.3) is 0 Å². The number of benzene rings is 1. The van der Waals surface area contributed by atoms with Crippen LogP contribution in [0.5, 0.6) is 0 Å². The number of aryl methyl sites for hydroxylation is 1. The van der Waals surface area contributed by atoms with Crippen LogP contribution in [0, 0.1) is 6.92 Å². The zero-order valence-corrected chi connectivity index (χ0v) is 15.0. The van der Waals surface area contributed by atoms with Crippen molar-refractivity contribution in [2.75, 3.05) is 12.3 Å². The number of halogens is 1. The molecule has 0 atom stereocenters. The minimum atomic E-state index is 0.133. The van der Waals surface area contributed by atoms with Gasteiger partial charge >= 0.3 is 0 Å². The molecule has 0 saturated carbocycles. The highest BCUT2D eigenvalue weighted by Gasteiger charge is 2.14. The lowest BCUT2D eigenvalue weighted by atomic mass is 10.1. The van der Waals surface area contributed by atoms with Crippen LogP contribution in [-0.2, 0) is 11.3 Å². The van der Waals surface area contributed by atoms with Crippen LogP contribution in [0.2, 0.25) is 5.02 Å². The Bertz CT molecular complexity index is 628. The summed E-state index contributed by atoms with van der Waals surface area (Å²) in [6, 6.07) is 12.0. The van der Waals surface area contributed by atoms with Gasteiger partial charge in [-0.15, -0.1) is 0 Å². The molecule has 3 nitrogen and oxygen atoms in total. The summed E-state index contributed by atoms with van der Waals surface area (Å²) in [5.74, 6) is 0.523. The SMILES string of the molecule is CCCN(Cc1ccc(C)cc1)C(=O)CSc1ccc(Cl)cn1. The van der Waals surface area contributed by atoms with Gasteiger partial charge in [0.15, 0.2) is 0 Å². The third-order valence-electron chi connectivity index (χ3n) is 3.38. The molecule has 5 heteroatoms. The number of pyridine rings is 1. The summed E-state index contributed by atoms with van der Waals surface area (Å²) < 4.78 is 0. The highest BCUT2D eigenvalue weighted by molar-refractivity contribution is 7.99. The molecule has 0 fully saturated rings. The van der Waals surface area contributed by atoms with Crippen molar-refractivity contribution in [3.63, 3.8) is 0 Å². The van der Waals surface area contributed by atoms with E-state index in [-0.39, 0.29) is 5.91 Å². The summed E-state index contributed by atoms with van der Waals surface area (Å²) in [5.41, 5.74) is 2.39. The van der Waals surface area contributed by atoms with E-state index >= 15 is 0 Å². The normalized spacial score (nSPS) is 10.6. The molecule has 0 unspecified atom stereocenters. The minimum absolute atomic E-state index is 0.133. The summed E-state index contributed by atoms with van der Waals surface area (Å²) in [7, 11) is 0. The van der Waals surface area contributed by atoms with Crippen LogP contribution in [0.4, 0.5) is 0 Å². The second-order valence-corrected chi connectivity index (χ2v) is 6.84. The van der Waals surface area contributed by atoms with Crippen LogP contribution in [0.1, 0.15) is 24.5 Å². The van der Waals surface area contributed by atoms with Gasteiger partial charge in [-0.1, -0.05) is 60.1 Å². The van der Waals surface area contributed by atoms with Crippen LogP contribution in [0.25, 0.3) is 0 Å². The van der Waals surface area contributed by atoms with Crippen molar-refractivity contribution >= 4 is 29.3 Å². The van der Waals surface area contributed by atoms with Crippen molar-refractivity contribution < 1.29 is 4.79 Å². The van der Waals surface area contributed by atoms with Crippen molar-refractivity contribution in [3.8, 4) is 0 Å². The standard InChI is InChI=1S/C18H21ClN2OS/c1-3-10-21(12-15-6-4-14(2)5-7-15)18(22)13-23-17-9-8-16(19)11-20-17/h4-9,11H,3,10,12-13H2,1-2H3. The van der Waals surface area contributed by atoms with E-state index in [1.54, 1.807) is 12.3 Å². The van der Waals surface area contributed by atoms with Gasteiger partial charge in [0.2, 0.25) is 5.91 Å². The molecule has 23 heavy (non-hydrogen) atoms. The molecule has 0 spiro atoms. The van der Waals surface area contributed by atoms with E-state index < -0.39 is 0 Å². The van der Waals surface area contributed by atoms with Crippen LogP contribution in [0.3, 0.4) is 0 Å². The maximum Gasteiger partial charge on any atom is 0.233 e. The van der Waals surface area contributed by atoms with Crippen LogP contribution in [0.15, 0.2) is 47.6 Å². The van der Waals surface area contributed by atoms with E-state index in [2.05, 4.69) is 43.1 Å². The van der Waals surface area contributed by atoms with E-state index in [1.807, 2.05) is 11.0 Å². The molecule has 0 bridgehead atoms. The lowest BCUT2D eigenvalue weighted by Crippen LogP contribution is -2.32. The second-order valence-electron chi connectivity index (χ2n) is 5.40. The molecule has 0 aliphatic carbocycles. The first-order chi connectivity index (χ1) is 11.1. The largest absolute Gasteiger partial charge is 0.338 e. The van der Waals surface area contributed by atoms with Crippen molar-refractivity contribution in [2.24, 2.45) is 0 Å². The molecule has 2 rings (SSSR count). The topological polar surface area (TPSA) is 33.2 Å². The predicted molar refractivity (Wildman–Crippen MR) is 96.9 cm³/mol. The van der Waals surface area contributed by atoms with Gasteiger partial charge in [-0.25, -0.2) is 4.98 Å². The summed E-state index contributed by atoms with van der Waals surface area (Å²) in [6.45, 7) is 5.57. The number of hydrogen-bond donors (Lipinski definition) is 0. The number of rotatable bonds is 7. The van der Waals surface area contributed by atoms with Crippen LogP contribution < -0.4 is 0 Å². The summed E-state index contributed by atoms with van der Waals surface area (Å²) >= 11 is 7.26. The Morgan fingerprint density at radius 1 is 1.22 bits per heavy atom.